The Morgan fingerprint density at radius 3 is 2.18 bits per heavy atom. The molecule has 1 atom stereocenters. The number of para-hydroxylation sites is 2. The number of carbonyl (C=O) groups is 3. The average molecular weight is 483 g/mol. The molecule has 2 aliphatic heterocycles. The third kappa shape index (κ3) is 5.38. The maximum atomic E-state index is 12.8. The first-order valence-corrected chi connectivity index (χ1v) is 12.6. The summed E-state index contributed by atoms with van der Waals surface area (Å²) in [7, 11) is 0. The zero-order valence-corrected chi connectivity index (χ0v) is 20.4. The molecule has 1 saturated heterocycles. The summed E-state index contributed by atoms with van der Waals surface area (Å²) >= 11 is 1.72. The van der Waals surface area contributed by atoms with Crippen LogP contribution in [-0.4, -0.2) is 55.1 Å². The lowest BCUT2D eigenvalue weighted by molar-refractivity contribution is -0.160. The van der Waals surface area contributed by atoms with Gasteiger partial charge in [-0.25, -0.2) is 0 Å². The molecule has 2 aliphatic rings. The summed E-state index contributed by atoms with van der Waals surface area (Å²) in [6.45, 7) is 5.14. The first-order chi connectivity index (χ1) is 16.5. The van der Waals surface area contributed by atoms with Crippen LogP contribution < -0.4 is 4.90 Å². The van der Waals surface area contributed by atoms with Crippen molar-refractivity contribution in [1.82, 2.24) is 4.90 Å². The first kappa shape index (κ1) is 24.1. The fourth-order valence-electron chi connectivity index (χ4n) is 4.38. The van der Waals surface area contributed by atoms with Gasteiger partial charge in [0.05, 0.1) is 30.3 Å². The highest BCUT2D eigenvalue weighted by molar-refractivity contribution is 7.99. The number of amides is 1. The molecule has 0 bridgehead atoms. The summed E-state index contributed by atoms with van der Waals surface area (Å²) in [6.07, 6.45) is 0.437. The van der Waals surface area contributed by atoms with Gasteiger partial charge < -0.3 is 19.3 Å². The van der Waals surface area contributed by atoms with E-state index in [-0.39, 0.29) is 24.2 Å². The van der Waals surface area contributed by atoms with E-state index in [1.165, 1.54) is 0 Å². The number of esters is 2. The average Bonchev–Trinajstić information content (AvgIpc) is 2.86. The molecule has 1 unspecified atom stereocenters. The van der Waals surface area contributed by atoms with Gasteiger partial charge >= 0.3 is 11.9 Å². The van der Waals surface area contributed by atoms with Crippen LogP contribution in [0, 0.1) is 5.92 Å². The van der Waals surface area contributed by atoms with Gasteiger partial charge in [0.15, 0.2) is 6.10 Å². The van der Waals surface area contributed by atoms with Crippen LogP contribution in [0.1, 0.15) is 33.1 Å². The number of hydrogen-bond acceptors (Lipinski definition) is 7. The maximum absolute atomic E-state index is 12.8. The molecule has 2 heterocycles. The lowest BCUT2D eigenvalue weighted by Gasteiger charge is -2.33. The van der Waals surface area contributed by atoms with Crippen LogP contribution in [0.2, 0.25) is 0 Å². The second-order valence-corrected chi connectivity index (χ2v) is 9.51. The van der Waals surface area contributed by atoms with Crippen LogP contribution in [-0.2, 0) is 23.9 Å². The van der Waals surface area contributed by atoms with E-state index in [1.54, 1.807) is 30.5 Å². The first-order valence-electron chi connectivity index (χ1n) is 11.8. The van der Waals surface area contributed by atoms with Crippen molar-refractivity contribution >= 4 is 41.0 Å². The lowest BCUT2D eigenvalue weighted by atomic mass is 9.97. The number of ether oxygens (including phenoxy) is 2. The number of nitrogens with zero attached hydrogens (tertiary/aromatic N) is 2. The number of anilines is 2. The summed E-state index contributed by atoms with van der Waals surface area (Å²) in [6, 6.07) is 16.3. The maximum Gasteiger partial charge on any atom is 0.309 e. The third-order valence-corrected chi connectivity index (χ3v) is 7.28. The number of rotatable bonds is 7. The van der Waals surface area contributed by atoms with Crippen molar-refractivity contribution < 1.29 is 23.9 Å². The molecule has 34 heavy (non-hydrogen) atoms. The minimum absolute atomic E-state index is 0.163. The molecule has 0 N–H and O–H groups in total. The predicted molar refractivity (Wildman–Crippen MR) is 130 cm³/mol. The smallest absolute Gasteiger partial charge is 0.309 e. The van der Waals surface area contributed by atoms with Gasteiger partial charge in [0.2, 0.25) is 0 Å². The van der Waals surface area contributed by atoms with Gasteiger partial charge in [0.1, 0.15) is 0 Å². The molecule has 0 saturated carbocycles. The molecule has 0 aromatic heterocycles. The Kier molecular flexibility index (Phi) is 7.77. The minimum atomic E-state index is -0.858. The Morgan fingerprint density at radius 1 is 1.00 bits per heavy atom. The zero-order chi connectivity index (χ0) is 24.1. The number of carbonyl (C=O) groups excluding carboxylic acids is 3. The summed E-state index contributed by atoms with van der Waals surface area (Å²) in [5.41, 5.74) is 2.13. The van der Waals surface area contributed by atoms with Crippen LogP contribution in [0.5, 0.6) is 0 Å². The van der Waals surface area contributed by atoms with Crippen molar-refractivity contribution in [1.29, 1.82) is 0 Å². The van der Waals surface area contributed by atoms with Crippen LogP contribution in [0.15, 0.2) is 58.3 Å². The van der Waals surface area contributed by atoms with E-state index in [9.17, 15) is 14.4 Å². The Bertz CT molecular complexity index is 1010. The van der Waals surface area contributed by atoms with Gasteiger partial charge in [0.25, 0.3) is 5.91 Å². The second kappa shape index (κ2) is 11.0. The predicted octanol–water partition coefficient (Wildman–Crippen LogP) is 4.41. The van der Waals surface area contributed by atoms with E-state index < -0.39 is 12.1 Å². The summed E-state index contributed by atoms with van der Waals surface area (Å²) in [5.74, 6) is -1.00. The Labute approximate surface area is 204 Å². The van der Waals surface area contributed by atoms with E-state index in [4.69, 9.17) is 9.47 Å². The quantitative estimate of drug-likeness (QED) is 0.541. The van der Waals surface area contributed by atoms with Gasteiger partial charge in [-0.05, 0) is 51.0 Å². The molecular weight excluding hydrogens is 452 g/mol. The SMILES string of the molecule is CCOC(=O)C1CCN(C(=O)C(C)OC(=O)CCN2c3ccccc3Sc3ccccc32)CC1. The number of hydrogen-bond donors (Lipinski definition) is 0. The van der Waals surface area contributed by atoms with Crippen LogP contribution in [0.25, 0.3) is 0 Å². The minimum Gasteiger partial charge on any atom is -0.466 e. The molecule has 0 spiro atoms. The highest BCUT2D eigenvalue weighted by atomic mass is 32.2. The summed E-state index contributed by atoms with van der Waals surface area (Å²) < 4.78 is 10.6. The van der Waals surface area contributed by atoms with Crippen molar-refractivity contribution in [2.75, 3.05) is 31.1 Å². The van der Waals surface area contributed by atoms with Crippen molar-refractivity contribution in [3.05, 3.63) is 48.5 Å². The van der Waals surface area contributed by atoms with Crippen molar-refractivity contribution in [3.8, 4) is 0 Å². The number of likely N-dealkylation sites (tertiary alicyclic amines) is 1. The summed E-state index contributed by atoms with van der Waals surface area (Å²) in [4.78, 5) is 43.4. The van der Waals surface area contributed by atoms with Crippen molar-refractivity contribution in [2.24, 2.45) is 5.92 Å². The van der Waals surface area contributed by atoms with Crippen molar-refractivity contribution in [3.63, 3.8) is 0 Å². The van der Waals surface area contributed by atoms with Gasteiger partial charge in [-0.1, -0.05) is 36.0 Å². The molecule has 0 radical (unpaired) electrons. The normalized spacial score (nSPS) is 16.3. The highest BCUT2D eigenvalue weighted by Gasteiger charge is 2.31. The molecular formula is C26H30N2O5S. The molecule has 8 heteroatoms. The molecule has 7 nitrogen and oxygen atoms in total. The van der Waals surface area contributed by atoms with Crippen LogP contribution in [0.3, 0.4) is 0 Å². The Hall–Kier alpha value is -3.00. The van der Waals surface area contributed by atoms with Gasteiger partial charge in [-0.2, -0.15) is 0 Å². The Morgan fingerprint density at radius 2 is 1.59 bits per heavy atom. The zero-order valence-electron chi connectivity index (χ0n) is 19.6. The fourth-order valence-corrected chi connectivity index (χ4v) is 5.48. The van der Waals surface area contributed by atoms with E-state index in [2.05, 4.69) is 29.2 Å². The molecule has 1 amide bonds. The Balaban J connectivity index is 1.31. The van der Waals surface area contributed by atoms with Crippen LogP contribution in [0.4, 0.5) is 11.4 Å². The second-order valence-electron chi connectivity index (χ2n) is 8.42. The molecule has 2 aromatic rings. The van der Waals surface area contributed by atoms with Crippen LogP contribution >= 0.6 is 11.8 Å². The van der Waals surface area contributed by atoms with Crippen molar-refractivity contribution in [2.45, 2.75) is 49.0 Å². The molecule has 0 aliphatic carbocycles. The fraction of sp³-hybridized carbons (Fsp3) is 0.423. The van der Waals surface area contributed by atoms with E-state index in [0.29, 0.717) is 39.1 Å². The van der Waals surface area contributed by atoms with Gasteiger partial charge in [-0.3, -0.25) is 14.4 Å². The molecule has 1 fully saturated rings. The standard InChI is InChI=1S/C26H30N2O5S/c1-3-32-26(31)19-12-15-27(16-13-19)25(30)18(2)33-24(29)14-17-28-20-8-4-6-10-22(20)34-23-11-7-5-9-21(23)28/h4-11,18-19H,3,12-17H2,1-2H3. The molecule has 180 valence electrons. The molecule has 2 aromatic carbocycles. The number of piperidine rings is 1. The number of fused-ring (bicyclic) bond motifs is 2. The topological polar surface area (TPSA) is 76.1 Å². The largest absolute Gasteiger partial charge is 0.466 e. The van der Waals surface area contributed by atoms with Gasteiger partial charge in [0, 0.05) is 29.4 Å². The van der Waals surface area contributed by atoms with E-state index >= 15 is 0 Å². The highest BCUT2D eigenvalue weighted by Crippen LogP contribution is 2.47. The van der Waals surface area contributed by atoms with E-state index in [1.807, 2.05) is 24.3 Å². The lowest BCUT2D eigenvalue weighted by Crippen LogP contribution is -2.45. The number of benzene rings is 2. The molecule has 4 rings (SSSR count). The van der Waals surface area contributed by atoms with Gasteiger partial charge in [-0.15, -0.1) is 0 Å². The third-order valence-electron chi connectivity index (χ3n) is 6.15. The monoisotopic (exact) mass is 482 g/mol. The van der Waals surface area contributed by atoms with E-state index in [0.717, 1.165) is 21.2 Å². The summed E-state index contributed by atoms with van der Waals surface area (Å²) in [5, 5.41) is 0.